The predicted molar refractivity (Wildman–Crippen MR) is 128 cm³/mol. The normalized spacial score (nSPS) is 15.5. The minimum atomic E-state index is -0.701. The highest BCUT2D eigenvalue weighted by Gasteiger charge is 2.33. The van der Waals surface area contributed by atoms with E-state index in [9.17, 15) is 14.7 Å². The molecule has 1 unspecified atom stereocenters. The number of phenols is 1. The zero-order valence-electron chi connectivity index (χ0n) is 19.2. The van der Waals surface area contributed by atoms with Crippen molar-refractivity contribution in [2.75, 3.05) is 20.8 Å². The minimum Gasteiger partial charge on any atom is -0.504 e. The molecule has 34 heavy (non-hydrogen) atoms. The van der Waals surface area contributed by atoms with Gasteiger partial charge in [0.15, 0.2) is 16.3 Å². The fourth-order valence-corrected chi connectivity index (χ4v) is 4.89. The summed E-state index contributed by atoms with van der Waals surface area (Å²) in [5.41, 5.74) is 1.87. The Morgan fingerprint density at radius 3 is 2.53 bits per heavy atom. The van der Waals surface area contributed by atoms with E-state index in [1.807, 2.05) is 12.1 Å². The van der Waals surface area contributed by atoms with Gasteiger partial charge in [-0.15, -0.1) is 0 Å². The first-order valence-electron chi connectivity index (χ1n) is 10.6. The number of aromatic nitrogens is 1. The van der Waals surface area contributed by atoms with Crippen LogP contribution in [0.25, 0.3) is 6.08 Å². The molecular formula is C25H24N2O6S. The van der Waals surface area contributed by atoms with Crippen LogP contribution in [0.2, 0.25) is 0 Å². The average molecular weight is 481 g/mol. The van der Waals surface area contributed by atoms with Gasteiger partial charge in [0.05, 0.1) is 42.7 Å². The van der Waals surface area contributed by atoms with Crippen molar-refractivity contribution in [2.45, 2.75) is 19.9 Å². The lowest BCUT2D eigenvalue weighted by Gasteiger charge is -2.24. The lowest BCUT2D eigenvalue weighted by atomic mass is 9.96. The van der Waals surface area contributed by atoms with E-state index in [-0.39, 0.29) is 17.9 Å². The Bertz CT molecular complexity index is 1450. The average Bonchev–Trinajstić information content (AvgIpc) is 3.12. The first-order valence-corrected chi connectivity index (χ1v) is 11.4. The Hall–Kier alpha value is -3.85. The summed E-state index contributed by atoms with van der Waals surface area (Å²) >= 11 is 1.21. The third-order valence-electron chi connectivity index (χ3n) is 5.45. The van der Waals surface area contributed by atoms with Crippen LogP contribution < -0.4 is 24.4 Å². The highest BCUT2D eigenvalue weighted by atomic mass is 32.1. The maximum atomic E-state index is 13.6. The van der Waals surface area contributed by atoms with Crippen molar-refractivity contribution < 1.29 is 24.1 Å². The molecule has 2 heterocycles. The molecule has 1 aliphatic rings. The third kappa shape index (κ3) is 4.22. The summed E-state index contributed by atoms with van der Waals surface area (Å²) in [7, 11) is 3.04. The van der Waals surface area contributed by atoms with E-state index in [4.69, 9.17) is 14.2 Å². The van der Waals surface area contributed by atoms with Crippen LogP contribution in [0.1, 0.15) is 31.0 Å². The fraction of sp³-hybridized carbons (Fsp3) is 0.240. The number of phenolic OH excluding ortho intramolecular Hbond substituents is 1. The number of thiazole rings is 1. The molecule has 0 saturated carbocycles. The zero-order chi connectivity index (χ0) is 24.4. The van der Waals surface area contributed by atoms with E-state index >= 15 is 0 Å². The van der Waals surface area contributed by atoms with Crippen LogP contribution >= 0.6 is 11.3 Å². The summed E-state index contributed by atoms with van der Waals surface area (Å²) in [4.78, 5) is 31.5. The molecule has 0 radical (unpaired) electrons. The summed E-state index contributed by atoms with van der Waals surface area (Å²) in [5, 5.41) is 10.1. The second-order valence-electron chi connectivity index (χ2n) is 7.51. The number of nitrogens with zero attached hydrogens (tertiary/aromatic N) is 2. The van der Waals surface area contributed by atoms with E-state index in [1.54, 1.807) is 51.3 Å². The monoisotopic (exact) mass is 480 g/mol. The van der Waals surface area contributed by atoms with Crippen molar-refractivity contribution in [2.24, 2.45) is 4.99 Å². The topological polar surface area (TPSA) is 99.4 Å². The molecule has 0 spiro atoms. The molecule has 0 saturated heterocycles. The van der Waals surface area contributed by atoms with Gasteiger partial charge in [0.25, 0.3) is 5.56 Å². The van der Waals surface area contributed by atoms with Gasteiger partial charge in [-0.3, -0.25) is 9.36 Å². The van der Waals surface area contributed by atoms with Crippen molar-refractivity contribution in [3.05, 3.63) is 84.5 Å². The molecular weight excluding hydrogens is 456 g/mol. The molecule has 1 aromatic heterocycles. The lowest BCUT2D eigenvalue weighted by molar-refractivity contribution is -0.139. The number of esters is 1. The van der Waals surface area contributed by atoms with Crippen LogP contribution in [-0.2, 0) is 9.53 Å². The highest BCUT2D eigenvalue weighted by Crippen LogP contribution is 2.31. The largest absolute Gasteiger partial charge is 0.504 e. The van der Waals surface area contributed by atoms with Gasteiger partial charge in [0, 0.05) is 0 Å². The number of benzene rings is 2. The Morgan fingerprint density at radius 1 is 1.18 bits per heavy atom. The molecule has 0 fully saturated rings. The number of aromatic hydroxyl groups is 1. The van der Waals surface area contributed by atoms with Crippen LogP contribution in [0, 0.1) is 0 Å². The van der Waals surface area contributed by atoms with Crippen molar-refractivity contribution in [3.63, 3.8) is 0 Å². The lowest BCUT2D eigenvalue weighted by Crippen LogP contribution is -2.39. The summed E-state index contributed by atoms with van der Waals surface area (Å²) in [6.07, 6.45) is 1.68. The molecule has 2 aromatic carbocycles. The molecule has 0 aliphatic carbocycles. The SMILES string of the molecule is CCOC(=O)C1=C(C)N=c2sc(=Cc3ccc(OC)c(O)c3)c(=O)n2C1c1ccc(OC)cc1. The molecule has 1 atom stereocenters. The molecule has 0 bridgehead atoms. The van der Waals surface area contributed by atoms with Crippen molar-refractivity contribution in [1.29, 1.82) is 0 Å². The van der Waals surface area contributed by atoms with Gasteiger partial charge in [-0.1, -0.05) is 29.5 Å². The van der Waals surface area contributed by atoms with Gasteiger partial charge < -0.3 is 19.3 Å². The van der Waals surface area contributed by atoms with Crippen molar-refractivity contribution in [3.8, 4) is 17.2 Å². The summed E-state index contributed by atoms with van der Waals surface area (Å²) in [6.45, 7) is 3.67. The van der Waals surface area contributed by atoms with Crippen LogP contribution in [0.5, 0.6) is 17.2 Å². The molecule has 176 valence electrons. The van der Waals surface area contributed by atoms with Gasteiger partial charge in [-0.25, -0.2) is 9.79 Å². The molecule has 8 nitrogen and oxygen atoms in total. The van der Waals surface area contributed by atoms with Crippen LogP contribution in [0.4, 0.5) is 0 Å². The van der Waals surface area contributed by atoms with Crippen molar-refractivity contribution in [1.82, 2.24) is 4.57 Å². The summed E-state index contributed by atoms with van der Waals surface area (Å²) in [6, 6.07) is 11.4. The number of allylic oxidation sites excluding steroid dienone is 1. The smallest absolute Gasteiger partial charge is 0.338 e. The Morgan fingerprint density at radius 2 is 1.91 bits per heavy atom. The Labute approximate surface area is 199 Å². The Balaban J connectivity index is 1.92. The standard InChI is InChI=1S/C25H24N2O6S/c1-5-33-24(30)21-14(2)26-25-27(22(21)16-7-9-17(31-3)10-8-16)23(29)20(34-25)13-15-6-11-19(32-4)18(28)12-15/h6-13,22,28H,5H2,1-4H3. The summed E-state index contributed by atoms with van der Waals surface area (Å²) in [5.74, 6) is 0.459. The number of carbonyl (C=O) groups is 1. The second kappa shape index (κ2) is 9.56. The molecule has 3 aromatic rings. The van der Waals surface area contributed by atoms with Crippen LogP contribution in [0.3, 0.4) is 0 Å². The van der Waals surface area contributed by atoms with Crippen molar-refractivity contribution >= 4 is 23.4 Å². The fourth-order valence-electron chi connectivity index (χ4n) is 3.84. The number of rotatable bonds is 6. The van der Waals surface area contributed by atoms with Gasteiger partial charge in [0.1, 0.15) is 5.75 Å². The van der Waals surface area contributed by atoms with E-state index in [1.165, 1.54) is 29.1 Å². The van der Waals surface area contributed by atoms with E-state index in [0.29, 0.717) is 37.7 Å². The van der Waals surface area contributed by atoms with Gasteiger partial charge in [-0.05, 0) is 55.3 Å². The Kier molecular flexibility index (Phi) is 6.56. The number of hydrogen-bond acceptors (Lipinski definition) is 8. The molecule has 4 rings (SSSR count). The maximum absolute atomic E-state index is 13.6. The quantitative estimate of drug-likeness (QED) is 0.545. The number of carbonyl (C=O) groups excluding carboxylic acids is 1. The number of methoxy groups -OCH3 is 2. The van der Waals surface area contributed by atoms with Gasteiger partial charge in [-0.2, -0.15) is 0 Å². The first kappa shape index (κ1) is 23.3. The molecule has 1 N–H and O–H groups in total. The minimum absolute atomic E-state index is 0.0272. The number of hydrogen-bond donors (Lipinski definition) is 1. The predicted octanol–water partition coefficient (Wildman–Crippen LogP) is 2.52. The first-order chi connectivity index (χ1) is 16.4. The highest BCUT2D eigenvalue weighted by molar-refractivity contribution is 7.07. The molecule has 0 amide bonds. The van der Waals surface area contributed by atoms with E-state index in [0.717, 1.165) is 5.56 Å². The van der Waals surface area contributed by atoms with E-state index in [2.05, 4.69) is 4.99 Å². The third-order valence-corrected chi connectivity index (χ3v) is 6.43. The zero-order valence-corrected chi connectivity index (χ0v) is 20.0. The molecule has 9 heteroatoms. The number of fused-ring (bicyclic) bond motifs is 1. The number of ether oxygens (including phenoxy) is 3. The van der Waals surface area contributed by atoms with E-state index < -0.39 is 12.0 Å². The van der Waals surface area contributed by atoms with Gasteiger partial charge in [0.2, 0.25) is 0 Å². The molecule has 1 aliphatic heterocycles. The summed E-state index contributed by atoms with van der Waals surface area (Å²) < 4.78 is 17.6. The second-order valence-corrected chi connectivity index (χ2v) is 8.52. The van der Waals surface area contributed by atoms with Crippen LogP contribution in [-0.4, -0.2) is 36.5 Å². The van der Waals surface area contributed by atoms with Crippen LogP contribution in [0.15, 0.2) is 63.5 Å². The maximum Gasteiger partial charge on any atom is 0.338 e. The van der Waals surface area contributed by atoms with Gasteiger partial charge >= 0.3 is 5.97 Å².